The Hall–Kier alpha value is -2.73. The molecule has 2 aromatic heterocycles. The first kappa shape index (κ1) is 16.7. The molecular weight excluding hydrogens is 330 g/mol. The molecule has 0 aliphatic carbocycles. The van der Waals surface area contributed by atoms with E-state index in [9.17, 15) is 4.79 Å². The maximum absolute atomic E-state index is 12.1. The molecule has 1 aliphatic rings. The maximum Gasteiger partial charge on any atom is 0.228 e. The number of pyridine rings is 1. The lowest BCUT2D eigenvalue weighted by molar-refractivity contribution is -0.128. The summed E-state index contributed by atoms with van der Waals surface area (Å²) in [4.78, 5) is 22.7. The number of hydrogen-bond acceptors (Lipinski definition) is 5. The van der Waals surface area contributed by atoms with E-state index in [1.165, 1.54) is 5.56 Å². The van der Waals surface area contributed by atoms with E-state index in [-0.39, 0.29) is 5.91 Å². The molecular formula is C20H21N3O3. The molecule has 3 heterocycles. The van der Waals surface area contributed by atoms with Gasteiger partial charge in [-0.05, 0) is 42.2 Å². The largest absolute Gasteiger partial charge is 0.436 e. The number of likely N-dealkylation sites (tertiary alicyclic amines) is 1. The first-order chi connectivity index (χ1) is 12.7. The van der Waals surface area contributed by atoms with E-state index in [2.05, 4.69) is 22.1 Å². The molecule has 6 nitrogen and oxygen atoms in total. The van der Waals surface area contributed by atoms with E-state index < -0.39 is 0 Å². The Kier molecular flexibility index (Phi) is 4.67. The number of aromatic nitrogens is 2. The van der Waals surface area contributed by atoms with Gasteiger partial charge in [-0.25, -0.2) is 4.98 Å². The average molecular weight is 351 g/mol. The van der Waals surface area contributed by atoms with Gasteiger partial charge in [0, 0.05) is 39.0 Å². The molecule has 4 rings (SSSR count). The fourth-order valence-electron chi connectivity index (χ4n) is 3.45. The molecule has 0 radical (unpaired) electrons. The van der Waals surface area contributed by atoms with Crippen LogP contribution in [0, 0.1) is 5.92 Å². The molecule has 0 N–H and O–H groups in total. The van der Waals surface area contributed by atoms with Gasteiger partial charge >= 0.3 is 0 Å². The molecule has 0 bridgehead atoms. The van der Waals surface area contributed by atoms with Gasteiger partial charge in [0.2, 0.25) is 11.8 Å². The zero-order valence-electron chi connectivity index (χ0n) is 14.7. The highest BCUT2D eigenvalue weighted by Crippen LogP contribution is 2.27. The number of fused-ring (bicyclic) bond motifs is 1. The predicted molar refractivity (Wildman–Crippen MR) is 97.5 cm³/mol. The van der Waals surface area contributed by atoms with Crippen LogP contribution in [0.15, 0.2) is 47.1 Å². The standard InChI is InChI=1S/C20H21N3O3/c1-25-8-7-23-13-15(11-19(23)24)9-14-4-5-18-17(10-14)22-20(26-18)16-3-2-6-21-12-16/h2-6,10,12,15H,7-9,11,13H2,1H3/t15-/m0/s1. The second kappa shape index (κ2) is 7.25. The highest BCUT2D eigenvalue weighted by atomic mass is 16.5. The van der Waals surface area contributed by atoms with Crippen LogP contribution in [0.25, 0.3) is 22.6 Å². The van der Waals surface area contributed by atoms with Crippen molar-refractivity contribution in [1.82, 2.24) is 14.9 Å². The van der Waals surface area contributed by atoms with Gasteiger partial charge in [0.1, 0.15) is 5.52 Å². The Morgan fingerprint density at radius 2 is 2.27 bits per heavy atom. The molecule has 0 unspecified atom stereocenters. The lowest BCUT2D eigenvalue weighted by atomic mass is 9.98. The molecule has 26 heavy (non-hydrogen) atoms. The van der Waals surface area contributed by atoms with Gasteiger partial charge in [0.15, 0.2) is 5.58 Å². The first-order valence-electron chi connectivity index (χ1n) is 8.79. The van der Waals surface area contributed by atoms with E-state index in [0.717, 1.165) is 29.6 Å². The molecule has 1 aromatic carbocycles. The highest BCUT2D eigenvalue weighted by molar-refractivity contribution is 5.79. The molecule has 1 fully saturated rings. The second-order valence-corrected chi connectivity index (χ2v) is 6.67. The van der Waals surface area contributed by atoms with Crippen LogP contribution in [0.3, 0.4) is 0 Å². The monoisotopic (exact) mass is 351 g/mol. The summed E-state index contributed by atoms with van der Waals surface area (Å²) in [6, 6.07) is 9.86. The number of oxazole rings is 1. The van der Waals surface area contributed by atoms with E-state index in [4.69, 9.17) is 9.15 Å². The summed E-state index contributed by atoms with van der Waals surface area (Å²) < 4.78 is 10.9. The van der Waals surface area contributed by atoms with E-state index in [0.29, 0.717) is 31.4 Å². The van der Waals surface area contributed by atoms with Crippen LogP contribution in [-0.2, 0) is 16.0 Å². The third kappa shape index (κ3) is 3.46. The average Bonchev–Trinajstić information content (AvgIpc) is 3.23. The fraction of sp³-hybridized carbons (Fsp3) is 0.350. The smallest absolute Gasteiger partial charge is 0.228 e. The Morgan fingerprint density at radius 1 is 1.35 bits per heavy atom. The minimum Gasteiger partial charge on any atom is -0.436 e. The number of ether oxygens (including phenoxy) is 1. The van der Waals surface area contributed by atoms with E-state index in [1.54, 1.807) is 19.5 Å². The third-order valence-electron chi connectivity index (χ3n) is 4.74. The molecule has 134 valence electrons. The van der Waals surface area contributed by atoms with Crippen molar-refractivity contribution in [3.8, 4) is 11.5 Å². The van der Waals surface area contributed by atoms with Crippen LogP contribution in [0.5, 0.6) is 0 Å². The summed E-state index contributed by atoms with van der Waals surface area (Å²) >= 11 is 0. The van der Waals surface area contributed by atoms with Gasteiger partial charge < -0.3 is 14.1 Å². The van der Waals surface area contributed by atoms with E-state index >= 15 is 0 Å². The van der Waals surface area contributed by atoms with Gasteiger partial charge in [-0.15, -0.1) is 0 Å². The van der Waals surface area contributed by atoms with Gasteiger partial charge in [0.25, 0.3) is 0 Å². The second-order valence-electron chi connectivity index (χ2n) is 6.67. The number of hydrogen-bond donors (Lipinski definition) is 0. The minimum atomic E-state index is 0.216. The molecule has 0 spiro atoms. The summed E-state index contributed by atoms with van der Waals surface area (Å²) in [7, 11) is 1.66. The summed E-state index contributed by atoms with van der Waals surface area (Å²) in [5.41, 5.74) is 3.63. The number of amides is 1. The number of nitrogens with zero attached hydrogens (tertiary/aromatic N) is 3. The van der Waals surface area contributed by atoms with Crippen molar-refractivity contribution in [1.29, 1.82) is 0 Å². The zero-order chi connectivity index (χ0) is 17.9. The molecule has 1 amide bonds. The number of rotatable bonds is 6. The van der Waals surface area contributed by atoms with Crippen molar-refractivity contribution in [2.24, 2.45) is 5.92 Å². The summed E-state index contributed by atoms with van der Waals surface area (Å²) in [5, 5.41) is 0. The maximum atomic E-state index is 12.1. The fourth-order valence-corrected chi connectivity index (χ4v) is 3.45. The molecule has 1 saturated heterocycles. The zero-order valence-corrected chi connectivity index (χ0v) is 14.7. The molecule has 3 aromatic rings. The van der Waals surface area contributed by atoms with Crippen LogP contribution >= 0.6 is 0 Å². The quantitative estimate of drug-likeness (QED) is 0.683. The summed E-state index contributed by atoms with van der Waals surface area (Å²) in [6.45, 7) is 2.04. The van der Waals surface area contributed by atoms with E-state index in [1.807, 2.05) is 23.1 Å². The molecule has 0 saturated carbocycles. The predicted octanol–water partition coefficient (Wildman–Crippen LogP) is 2.93. The molecule has 1 aliphatic heterocycles. The SMILES string of the molecule is COCCN1C[C@@H](Cc2ccc3oc(-c4cccnc4)nc3c2)CC1=O. The topological polar surface area (TPSA) is 68.5 Å². The van der Waals surface area contributed by atoms with Gasteiger partial charge in [-0.3, -0.25) is 9.78 Å². The van der Waals surface area contributed by atoms with Crippen molar-refractivity contribution in [3.05, 3.63) is 48.3 Å². The lowest BCUT2D eigenvalue weighted by Gasteiger charge is -2.15. The molecule has 1 atom stereocenters. The van der Waals surface area contributed by atoms with Crippen molar-refractivity contribution in [2.45, 2.75) is 12.8 Å². The normalized spacial score (nSPS) is 17.3. The van der Waals surface area contributed by atoms with Gasteiger partial charge in [0.05, 0.1) is 12.2 Å². The highest BCUT2D eigenvalue weighted by Gasteiger charge is 2.29. The Balaban J connectivity index is 1.49. The Labute approximate surface area is 151 Å². The lowest BCUT2D eigenvalue weighted by Crippen LogP contribution is -2.28. The number of benzene rings is 1. The molecule has 6 heteroatoms. The van der Waals surface area contributed by atoms with Crippen molar-refractivity contribution in [2.75, 3.05) is 26.8 Å². The summed E-state index contributed by atoms with van der Waals surface area (Å²) in [5.74, 6) is 1.13. The summed E-state index contributed by atoms with van der Waals surface area (Å²) in [6.07, 6.45) is 4.93. The minimum absolute atomic E-state index is 0.216. The Bertz CT molecular complexity index is 907. The van der Waals surface area contributed by atoms with Crippen molar-refractivity contribution >= 4 is 17.0 Å². The van der Waals surface area contributed by atoms with Crippen LogP contribution < -0.4 is 0 Å². The van der Waals surface area contributed by atoms with Crippen molar-refractivity contribution in [3.63, 3.8) is 0 Å². The van der Waals surface area contributed by atoms with Gasteiger partial charge in [-0.2, -0.15) is 0 Å². The van der Waals surface area contributed by atoms with Crippen LogP contribution in [0.2, 0.25) is 0 Å². The number of methoxy groups -OCH3 is 1. The van der Waals surface area contributed by atoms with Crippen LogP contribution in [0.1, 0.15) is 12.0 Å². The third-order valence-corrected chi connectivity index (χ3v) is 4.74. The first-order valence-corrected chi connectivity index (χ1v) is 8.79. The van der Waals surface area contributed by atoms with Crippen molar-refractivity contribution < 1.29 is 13.9 Å². The number of carbonyl (C=O) groups is 1. The van der Waals surface area contributed by atoms with Crippen LogP contribution in [0.4, 0.5) is 0 Å². The number of carbonyl (C=O) groups excluding carboxylic acids is 1. The van der Waals surface area contributed by atoms with Gasteiger partial charge in [-0.1, -0.05) is 6.07 Å². The Morgan fingerprint density at radius 3 is 3.08 bits per heavy atom. The van der Waals surface area contributed by atoms with Crippen LogP contribution in [-0.4, -0.2) is 47.6 Å².